The van der Waals surface area contributed by atoms with Crippen molar-refractivity contribution in [2.45, 2.75) is 25.4 Å². The minimum atomic E-state index is -0.398. The summed E-state index contributed by atoms with van der Waals surface area (Å²) >= 11 is 0. The predicted molar refractivity (Wildman–Crippen MR) is 216 cm³/mol. The van der Waals surface area contributed by atoms with Crippen LogP contribution in [0.15, 0.2) is 180 Å². The van der Waals surface area contributed by atoms with Crippen molar-refractivity contribution in [3.05, 3.63) is 198 Å². The number of amidine groups is 2. The van der Waals surface area contributed by atoms with Crippen molar-refractivity contribution < 1.29 is 0 Å². The number of hydrogen-bond acceptors (Lipinski definition) is 3. The molecule has 2 aliphatic rings. The molecular weight excluding hydrogens is 633 g/mol. The molecule has 7 aromatic carbocycles. The van der Waals surface area contributed by atoms with Crippen LogP contribution in [0.1, 0.15) is 47.8 Å². The highest BCUT2D eigenvalue weighted by atomic mass is 15.2. The number of hydrogen-bond donors (Lipinski definition) is 1. The number of para-hydroxylation sites is 1. The van der Waals surface area contributed by atoms with Crippen molar-refractivity contribution in [2.24, 2.45) is 9.98 Å². The lowest BCUT2D eigenvalue weighted by Gasteiger charge is -2.24. The first kappa shape index (κ1) is 30.3. The van der Waals surface area contributed by atoms with E-state index in [1.165, 1.54) is 55.2 Å². The van der Waals surface area contributed by atoms with Crippen LogP contribution < -0.4 is 5.32 Å². The van der Waals surface area contributed by atoms with Crippen molar-refractivity contribution in [3.63, 3.8) is 0 Å². The fourth-order valence-corrected chi connectivity index (χ4v) is 8.32. The zero-order valence-electron chi connectivity index (χ0n) is 29.1. The molecule has 10 rings (SSSR count). The van der Waals surface area contributed by atoms with Gasteiger partial charge in [-0.3, -0.25) is 0 Å². The Morgan fingerprint density at radius 2 is 1.08 bits per heavy atom. The van der Waals surface area contributed by atoms with Crippen molar-refractivity contribution in [1.29, 1.82) is 0 Å². The molecule has 248 valence electrons. The van der Waals surface area contributed by atoms with E-state index in [4.69, 9.17) is 9.98 Å². The third kappa shape index (κ3) is 4.75. The van der Waals surface area contributed by atoms with Crippen molar-refractivity contribution in [2.75, 3.05) is 0 Å². The van der Waals surface area contributed by atoms with Gasteiger partial charge in [-0.05, 0) is 57.1 Å². The van der Waals surface area contributed by atoms with E-state index in [1.54, 1.807) is 0 Å². The Bertz CT molecular complexity index is 2700. The van der Waals surface area contributed by atoms with E-state index in [1.807, 2.05) is 24.3 Å². The third-order valence-electron chi connectivity index (χ3n) is 10.9. The SMILES string of the molecule is CC1(C)c2ccccc2-c2ccc3c4ccccc4n(-c4ccc(C5N=C(c6ccccc6)NC(c6ccc(-c7ccccc7)cc6)=N5)cc4)c3c21. The Labute approximate surface area is 303 Å². The maximum Gasteiger partial charge on any atom is 0.169 e. The second-order valence-electron chi connectivity index (χ2n) is 14.3. The summed E-state index contributed by atoms with van der Waals surface area (Å²) in [5.41, 5.74) is 14.3. The number of nitrogens with zero attached hydrogens (tertiary/aromatic N) is 3. The summed E-state index contributed by atoms with van der Waals surface area (Å²) < 4.78 is 2.46. The molecule has 0 spiro atoms. The van der Waals surface area contributed by atoms with Crippen LogP contribution in [-0.2, 0) is 5.41 Å². The Morgan fingerprint density at radius 1 is 0.500 bits per heavy atom. The van der Waals surface area contributed by atoms with E-state index in [0.29, 0.717) is 0 Å². The van der Waals surface area contributed by atoms with E-state index in [0.717, 1.165) is 34.0 Å². The van der Waals surface area contributed by atoms with Gasteiger partial charge in [0, 0.05) is 33.0 Å². The number of fused-ring (bicyclic) bond motifs is 7. The van der Waals surface area contributed by atoms with Gasteiger partial charge in [0.05, 0.1) is 11.0 Å². The van der Waals surface area contributed by atoms with Gasteiger partial charge in [0.2, 0.25) is 0 Å². The van der Waals surface area contributed by atoms with Gasteiger partial charge >= 0.3 is 0 Å². The quantitative estimate of drug-likeness (QED) is 0.195. The van der Waals surface area contributed by atoms with Gasteiger partial charge in [0.25, 0.3) is 0 Å². The number of rotatable bonds is 5. The number of aromatic nitrogens is 1. The smallest absolute Gasteiger partial charge is 0.169 e. The molecule has 0 bridgehead atoms. The van der Waals surface area contributed by atoms with Crippen LogP contribution in [-0.4, -0.2) is 16.2 Å². The van der Waals surface area contributed by atoms with Crippen LogP contribution in [0, 0.1) is 0 Å². The lowest BCUT2D eigenvalue weighted by atomic mass is 9.81. The molecule has 0 amide bonds. The van der Waals surface area contributed by atoms with Gasteiger partial charge < -0.3 is 9.88 Å². The first-order valence-electron chi connectivity index (χ1n) is 18.0. The average Bonchev–Trinajstić information content (AvgIpc) is 3.67. The Hall–Kier alpha value is -6.52. The molecule has 1 unspecified atom stereocenters. The van der Waals surface area contributed by atoms with Gasteiger partial charge in [-0.2, -0.15) is 0 Å². The molecule has 1 N–H and O–H groups in total. The average molecular weight is 669 g/mol. The molecule has 0 fully saturated rings. The first-order valence-corrected chi connectivity index (χ1v) is 18.0. The predicted octanol–water partition coefficient (Wildman–Crippen LogP) is 11.3. The van der Waals surface area contributed by atoms with Crippen LogP contribution in [0.25, 0.3) is 49.7 Å². The standard InChI is InChI=1S/C48H36N4/c1-48(2)41-19-11-9-17-37(41)39-29-30-40-38-18-10-12-20-42(38)52(44(40)43(39)48)36-27-25-35(26-28-36)47-50-45(33-15-7-4-8-16-33)49-46(51-47)34-23-21-32(22-24-34)31-13-5-3-6-14-31/h3-30,47H,1-2H3,(H,49,50,51). The Balaban J connectivity index is 1.08. The van der Waals surface area contributed by atoms with Gasteiger partial charge in [0.15, 0.2) is 6.17 Å². The van der Waals surface area contributed by atoms with Crippen LogP contribution in [0.4, 0.5) is 0 Å². The molecule has 4 heteroatoms. The highest BCUT2D eigenvalue weighted by molar-refractivity contribution is 6.16. The molecule has 4 nitrogen and oxygen atoms in total. The molecule has 8 aromatic rings. The highest BCUT2D eigenvalue weighted by Gasteiger charge is 2.38. The number of aliphatic imine (C=N–C) groups is 2. The van der Waals surface area contributed by atoms with Crippen LogP contribution in [0.2, 0.25) is 0 Å². The summed E-state index contributed by atoms with van der Waals surface area (Å²) in [5, 5.41) is 6.10. The van der Waals surface area contributed by atoms with E-state index < -0.39 is 6.17 Å². The summed E-state index contributed by atoms with van der Waals surface area (Å²) in [6, 6.07) is 60.5. The zero-order chi connectivity index (χ0) is 34.8. The second kappa shape index (κ2) is 11.8. The molecule has 1 aliphatic heterocycles. The van der Waals surface area contributed by atoms with E-state index in [9.17, 15) is 0 Å². The number of benzene rings is 7. The van der Waals surface area contributed by atoms with Crippen LogP contribution >= 0.6 is 0 Å². The van der Waals surface area contributed by atoms with Crippen molar-refractivity contribution in [1.82, 2.24) is 9.88 Å². The van der Waals surface area contributed by atoms with Crippen LogP contribution in [0.3, 0.4) is 0 Å². The maximum absolute atomic E-state index is 5.19. The molecular formula is C48H36N4. The summed E-state index contributed by atoms with van der Waals surface area (Å²) in [6.07, 6.45) is -0.398. The van der Waals surface area contributed by atoms with E-state index >= 15 is 0 Å². The van der Waals surface area contributed by atoms with Gasteiger partial charge in [-0.25, -0.2) is 9.98 Å². The summed E-state index contributed by atoms with van der Waals surface area (Å²) in [7, 11) is 0. The fraction of sp³-hybridized carbons (Fsp3) is 0.0833. The molecule has 1 aliphatic carbocycles. The largest absolute Gasteiger partial charge is 0.324 e. The van der Waals surface area contributed by atoms with Gasteiger partial charge in [-0.15, -0.1) is 0 Å². The summed E-state index contributed by atoms with van der Waals surface area (Å²) in [4.78, 5) is 10.3. The molecule has 0 saturated carbocycles. The lowest BCUT2D eigenvalue weighted by Crippen LogP contribution is -2.36. The number of nitrogens with one attached hydrogen (secondary N) is 1. The summed E-state index contributed by atoms with van der Waals surface area (Å²) in [6.45, 7) is 4.74. The Kier molecular flexibility index (Phi) is 6.87. The van der Waals surface area contributed by atoms with Gasteiger partial charge in [0.1, 0.15) is 11.7 Å². The lowest BCUT2D eigenvalue weighted by molar-refractivity contribution is 0.664. The second-order valence-corrected chi connectivity index (χ2v) is 14.3. The molecule has 52 heavy (non-hydrogen) atoms. The minimum Gasteiger partial charge on any atom is -0.324 e. The first-order chi connectivity index (χ1) is 25.5. The fourth-order valence-electron chi connectivity index (χ4n) is 8.32. The van der Waals surface area contributed by atoms with Crippen molar-refractivity contribution >= 4 is 33.5 Å². The third-order valence-corrected chi connectivity index (χ3v) is 10.9. The zero-order valence-corrected chi connectivity index (χ0v) is 29.1. The van der Waals surface area contributed by atoms with E-state index in [-0.39, 0.29) is 5.41 Å². The van der Waals surface area contributed by atoms with Crippen LogP contribution in [0.5, 0.6) is 0 Å². The molecule has 0 saturated heterocycles. The Morgan fingerprint density at radius 3 is 1.81 bits per heavy atom. The molecule has 1 aromatic heterocycles. The van der Waals surface area contributed by atoms with E-state index in [2.05, 4.69) is 169 Å². The molecule has 0 radical (unpaired) electrons. The maximum atomic E-state index is 5.19. The summed E-state index contributed by atoms with van der Waals surface area (Å²) in [5.74, 6) is 1.62. The molecule has 1 atom stereocenters. The topological polar surface area (TPSA) is 41.7 Å². The normalized spacial score (nSPS) is 15.8. The highest BCUT2D eigenvalue weighted by Crippen LogP contribution is 2.52. The monoisotopic (exact) mass is 668 g/mol. The molecule has 2 heterocycles. The minimum absolute atomic E-state index is 0.139. The van der Waals surface area contributed by atoms with Crippen molar-refractivity contribution in [3.8, 4) is 27.9 Å². The van der Waals surface area contributed by atoms with Gasteiger partial charge in [-0.1, -0.05) is 166 Å².